The number of imide groups is 1. The van der Waals surface area contributed by atoms with E-state index in [4.69, 9.17) is 0 Å². The highest BCUT2D eigenvalue weighted by Crippen LogP contribution is 2.06. The predicted molar refractivity (Wildman–Crippen MR) is 78.7 cm³/mol. The second-order valence-electron chi connectivity index (χ2n) is 4.72. The minimum absolute atomic E-state index is 0.487. The maximum atomic E-state index is 12.1. The number of hydrogen-bond acceptors (Lipinski definition) is 3. The fourth-order valence-electron chi connectivity index (χ4n) is 1.43. The summed E-state index contributed by atoms with van der Waals surface area (Å²) in [5.74, 6) is 0. The maximum absolute atomic E-state index is 12.1. The molecule has 0 radical (unpaired) electrons. The first-order valence-electron chi connectivity index (χ1n) is 6.18. The van der Waals surface area contributed by atoms with Crippen LogP contribution in [0, 0.1) is 0 Å². The Morgan fingerprint density at radius 2 is 1.35 bits per heavy atom. The quantitative estimate of drug-likeness (QED) is 0.613. The highest BCUT2D eigenvalue weighted by atomic mass is 16.2. The van der Waals surface area contributed by atoms with Crippen LogP contribution in [0.5, 0.6) is 0 Å². The molecule has 0 aliphatic carbocycles. The summed E-state index contributed by atoms with van der Waals surface area (Å²) in [5, 5.41) is 5.02. The first-order valence-corrected chi connectivity index (χ1v) is 6.18. The second kappa shape index (κ2) is 6.70. The van der Waals surface area contributed by atoms with Crippen molar-refractivity contribution in [2.75, 3.05) is 28.2 Å². The average Bonchev–Trinajstić information content (AvgIpc) is 2.43. The minimum Gasteiger partial charge on any atom is -0.329 e. The summed E-state index contributed by atoms with van der Waals surface area (Å²) in [4.78, 5) is 26.7. The van der Waals surface area contributed by atoms with Gasteiger partial charge in [-0.1, -0.05) is 30.3 Å². The van der Waals surface area contributed by atoms with Crippen molar-refractivity contribution in [1.29, 1.82) is 0 Å². The summed E-state index contributed by atoms with van der Waals surface area (Å²) in [5.41, 5.74) is 1.45. The van der Waals surface area contributed by atoms with Gasteiger partial charge < -0.3 is 9.80 Å². The summed E-state index contributed by atoms with van der Waals surface area (Å²) in [7, 11) is 6.30. The number of benzene rings is 1. The normalized spacial score (nSPS) is 10.9. The molecule has 0 N–H and O–H groups in total. The van der Waals surface area contributed by atoms with Crippen LogP contribution in [-0.4, -0.2) is 60.8 Å². The Labute approximate surface area is 119 Å². The molecule has 1 aromatic rings. The van der Waals surface area contributed by atoms with Crippen LogP contribution in [0.25, 0.3) is 0 Å². The zero-order valence-electron chi connectivity index (χ0n) is 12.5. The molecule has 6 heteroatoms. The van der Waals surface area contributed by atoms with Crippen LogP contribution in [0.1, 0.15) is 12.5 Å². The lowest BCUT2D eigenvalue weighted by Crippen LogP contribution is -2.45. The molecule has 0 unspecified atom stereocenters. The topological polar surface area (TPSA) is 56.2 Å². The number of carbonyl (C=O) groups is 2. The Bertz CT molecular complexity index is 489. The van der Waals surface area contributed by atoms with Crippen molar-refractivity contribution in [3.63, 3.8) is 0 Å². The van der Waals surface area contributed by atoms with E-state index in [1.165, 1.54) is 9.80 Å². The fraction of sp³-hybridized carbons (Fsp3) is 0.357. The van der Waals surface area contributed by atoms with Crippen molar-refractivity contribution >= 4 is 17.8 Å². The highest BCUT2D eigenvalue weighted by Gasteiger charge is 2.24. The van der Waals surface area contributed by atoms with E-state index in [0.29, 0.717) is 5.71 Å². The lowest BCUT2D eigenvalue weighted by molar-refractivity contribution is 0.155. The third-order valence-corrected chi connectivity index (χ3v) is 2.57. The van der Waals surface area contributed by atoms with Crippen LogP contribution in [0.15, 0.2) is 35.4 Å². The molecule has 0 aromatic heterocycles. The van der Waals surface area contributed by atoms with E-state index in [2.05, 4.69) is 5.10 Å². The Morgan fingerprint density at radius 1 is 0.900 bits per heavy atom. The third-order valence-electron chi connectivity index (χ3n) is 2.57. The van der Waals surface area contributed by atoms with Gasteiger partial charge in [0.15, 0.2) is 0 Å². The van der Waals surface area contributed by atoms with Gasteiger partial charge in [0.25, 0.3) is 0 Å². The Kier molecular flexibility index (Phi) is 5.25. The summed E-state index contributed by atoms with van der Waals surface area (Å²) in [6.45, 7) is 1.76. The first-order chi connectivity index (χ1) is 9.34. The zero-order chi connectivity index (χ0) is 15.3. The number of hydrogen-bond donors (Lipinski definition) is 0. The van der Waals surface area contributed by atoms with Crippen molar-refractivity contribution in [2.24, 2.45) is 5.10 Å². The largest absolute Gasteiger partial charge is 0.348 e. The number of urea groups is 2. The van der Waals surface area contributed by atoms with Crippen LogP contribution >= 0.6 is 0 Å². The Morgan fingerprint density at radius 3 is 1.75 bits per heavy atom. The van der Waals surface area contributed by atoms with Gasteiger partial charge in [0.1, 0.15) is 0 Å². The van der Waals surface area contributed by atoms with E-state index in [0.717, 1.165) is 10.6 Å². The van der Waals surface area contributed by atoms with Gasteiger partial charge in [-0.05, 0) is 12.5 Å². The molecule has 0 heterocycles. The summed E-state index contributed by atoms with van der Waals surface area (Å²) in [6, 6.07) is 8.41. The molecule has 0 atom stereocenters. The van der Waals surface area contributed by atoms with E-state index in [-0.39, 0.29) is 0 Å². The van der Waals surface area contributed by atoms with Gasteiger partial charge in [0.05, 0.1) is 5.71 Å². The molecule has 0 spiro atoms. The second-order valence-corrected chi connectivity index (χ2v) is 4.72. The number of rotatable bonds is 2. The predicted octanol–water partition coefficient (Wildman–Crippen LogP) is 2.08. The molecule has 6 nitrogen and oxygen atoms in total. The van der Waals surface area contributed by atoms with Crippen molar-refractivity contribution in [3.05, 3.63) is 35.9 Å². The fourth-order valence-corrected chi connectivity index (χ4v) is 1.43. The molecule has 108 valence electrons. The molecule has 1 aromatic carbocycles. The monoisotopic (exact) mass is 276 g/mol. The van der Waals surface area contributed by atoms with E-state index in [1.807, 2.05) is 30.3 Å². The molecule has 20 heavy (non-hydrogen) atoms. The lowest BCUT2D eigenvalue weighted by atomic mass is 10.1. The Balaban J connectivity index is 3.12. The molecule has 1 rings (SSSR count). The standard InChI is InChI=1S/C14H20N4O2/c1-11(12-9-7-6-8-10-12)15-18(13(19)16(2)3)14(20)17(4)5/h6-10H,1-5H3/b15-11+. The number of amides is 4. The van der Waals surface area contributed by atoms with E-state index in [1.54, 1.807) is 35.1 Å². The van der Waals surface area contributed by atoms with Gasteiger partial charge in [-0.2, -0.15) is 5.10 Å². The van der Waals surface area contributed by atoms with Crippen LogP contribution in [0.4, 0.5) is 9.59 Å². The van der Waals surface area contributed by atoms with Gasteiger partial charge in [-0.3, -0.25) is 0 Å². The molecular weight excluding hydrogens is 256 g/mol. The zero-order valence-corrected chi connectivity index (χ0v) is 12.5. The van der Waals surface area contributed by atoms with Crippen LogP contribution in [-0.2, 0) is 0 Å². The van der Waals surface area contributed by atoms with E-state index < -0.39 is 12.1 Å². The van der Waals surface area contributed by atoms with E-state index in [9.17, 15) is 9.59 Å². The van der Waals surface area contributed by atoms with Gasteiger partial charge in [0.2, 0.25) is 0 Å². The van der Waals surface area contributed by atoms with Crippen molar-refractivity contribution in [1.82, 2.24) is 14.8 Å². The van der Waals surface area contributed by atoms with Gasteiger partial charge in [-0.15, -0.1) is 5.01 Å². The third kappa shape index (κ3) is 3.81. The van der Waals surface area contributed by atoms with Gasteiger partial charge >= 0.3 is 12.1 Å². The molecular formula is C14H20N4O2. The number of carbonyl (C=O) groups excluding carboxylic acids is 2. The maximum Gasteiger partial charge on any atom is 0.348 e. The smallest absolute Gasteiger partial charge is 0.329 e. The molecule has 0 fully saturated rings. The van der Waals surface area contributed by atoms with Crippen LogP contribution in [0.2, 0.25) is 0 Å². The molecule has 4 amide bonds. The highest BCUT2D eigenvalue weighted by molar-refractivity contribution is 6.01. The van der Waals surface area contributed by atoms with Crippen molar-refractivity contribution in [2.45, 2.75) is 6.92 Å². The van der Waals surface area contributed by atoms with Crippen molar-refractivity contribution < 1.29 is 9.59 Å². The molecule has 0 aliphatic rings. The molecule has 0 bridgehead atoms. The molecule has 0 saturated carbocycles. The molecule has 0 saturated heterocycles. The molecule has 0 aliphatic heterocycles. The summed E-state index contributed by atoms with van der Waals surface area (Å²) >= 11 is 0. The number of nitrogens with zero attached hydrogens (tertiary/aromatic N) is 4. The van der Waals surface area contributed by atoms with E-state index >= 15 is 0 Å². The average molecular weight is 276 g/mol. The van der Waals surface area contributed by atoms with Gasteiger partial charge in [0, 0.05) is 28.2 Å². The van der Waals surface area contributed by atoms with Gasteiger partial charge in [-0.25, -0.2) is 9.59 Å². The minimum atomic E-state index is -0.487. The Hall–Kier alpha value is -2.37. The lowest BCUT2D eigenvalue weighted by Gasteiger charge is -2.23. The summed E-state index contributed by atoms with van der Waals surface area (Å²) < 4.78 is 0. The van der Waals surface area contributed by atoms with Crippen LogP contribution < -0.4 is 0 Å². The van der Waals surface area contributed by atoms with Crippen LogP contribution in [0.3, 0.4) is 0 Å². The van der Waals surface area contributed by atoms with Crippen molar-refractivity contribution in [3.8, 4) is 0 Å². The first kappa shape index (κ1) is 15.7. The summed E-state index contributed by atoms with van der Waals surface area (Å²) in [6.07, 6.45) is 0. The SMILES string of the molecule is C/C(=N\N(C(=O)N(C)C)C(=O)N(C)C)c1ccccc1. The number of hydrazone groups is 1.